The summed E-state index contributed by atoms with van der Waals surface area (Å²) in [5.41, 5.74) is 6.80. The second-order valence-corrected chi connectivity index (χ2v) is 4.76. The third-order valence-electron chi connectivity index (χ3n) is 2.03. The lowest BCUT2D eigenvalue weighted by Gasteiger charge is -2.16. The van der Waals surface area contributed by atoms with Crippen LogP contribution in [0.15, 0.2) is 27.1 Å². The molecule has 1 unspecified atom stereocenters. The number of hydrogen-bond donors (Lipinski definition) is 2. The summed E-state index contributed by atoms with van der Waals surface area (Å²) in [6, 6.07) is 6.14. The molecule has 0 saturated heterocycles. The zero-order valence-electron chi connectivity index (χ0n) is 8.13. The highest BCUT2D eigenvalue weighted by Gasteiger charge is 2.09. The molecule has 0 aliphatic carbocycles. The van der Waals surface area contributed by atoms with Gasteiger partial charge in [-0.2, -0.15) is 0 Å². The Hall–Kier alpha value is -0.340. The standard InChI is InChI=1S/C11H12Br2N2/c1-2-5-15-11(7-14)8-3-4-9(12)10(13)6-8/h1,3-4,6,11,15H,5,7,14H2. The van der Waals surface area contributed by atoms with E-state index in [-0.39, 0.29) is 6.04 Å². The van der Waals surface area contributed by atoms with Crippen molar-refractivity contribution in [2.45, 2.75) is 6.04 Å². The fraction of sp³-hybridized carbons (Fsp3) is 0.273. The van der Waals surface area contributed by atoms with Crippen molar-refractivity contribution in [3.8, 4) is 12.3 Å². The lowest BCUT2D eigenvalue weighted by Crippen LogP contribution is -2.28. The summed E-state index contributed by atoms with van der Waals surface area (Å²) in [6.07, 6.45) is 5.19. The maximum Gasteiger partial charge on any atom is 0.0578 e. The normalized spacial score (nSPS) is 12.1. The van der Waals surface area contributed by atoms with Gasteiger partial charge in [0, 0.05) is 21.5 Å². The van der Waals surface area contributed by atoms with Crippen LogP contribution in [0.5, 0.6) is 0 Å². The van der Waals surface area contributed by atoms with Gasteiger partial charge in [0.1, 0.15) is 0 Å². The number of terminal acetylenes is 1. The minimum Gasteiger partial charge on any atom is -0.329 e. The Morgan fingerprint density at radius 1 is 1.40 bits per heavy atom. The molecule has 1 atom stereocenters. The van der Waals surface area contributed by atoms with Crippen molar-refractivity contribution >= 4 is 31.9 Å². The number of rotatable bonds is 4. The van der Waals surface area contributed by atoms with E-state index < -0.39 is 0 Å². The second kappa shape index (κ2) is 6.29. The predicted molar refractivity (Wildman–Crippen MR) is 70.5 cm³/mol. The maximum absolute atomic E-state index is 5.68. The van der Waals surface area contributed by atoms with Crippen LogP contribution in [0.4, 0.5) is 0 Å². The molecule has 3 N–H and O–H groups in total. The first-order chi connectivity index (χ1) is 7.19. The van der Waals surface area contributed by atoms with Crippen LogP contribution in [0.3, 0.4) is 0 Å². The van der Waals surface area contributed by atoms with Gasteiger partial charge in [-0.15, -0.1) is 6.42 Å². The molecule has 2 nitrogen and oxygen atoms in total. The summed E-state index contributed by atoms with van der Waals surface area (Å²) in [5, 5.41) is 3.18. The molecule has 4 heteroatoms. The third kappa shape index (κ3) is 3.62. The molecule has 0 fully saturated rings. The number of benzene rings is 1. The Kier molecular flexibility index (Phi) is 5.34. The maximum atomic E-state index is 5.68. The molecule has 0 radical (unpaired) electrons. The topological polar surface area (TPSA) is 38.0 Å². The first kappa shape index (κ1) is 12.7. The molecule has 15 heavy (non-hydrogen) atoms. The first-order valence-corrected chi connectivity index (χ1v) is 6.09. The molecule has 0 saturated carbocycles. The van der Waals surface area contributed by atoms with E-state index >= 15 is 0 Å². The quantitative estimate of drug-likeness (QED) is 0.832. The number of nitrogens with two attached hydrogens (primary N) is 1. The van der Waals surface area contributed by atoms with Crippen LogP contribution in [0.2, 0.25) is 0 Å². The molecule has 0 spiro atoms. The van der Waals surface area contributed by atoms with E-state index in [1.54, 1.807) is 0 Å². The Morgan fingerprint density at radius 3 is 2.67 bits per heavy atom. The highest BCUT2D eigenvalue weighted by Crippen LogP contribution is 2.26. The van der Waals surface area contributed by atoms with Crippen LogP contribution in [0, 0.1) is 12.3 Å². The number of halogens is 2. The first-order valence-electron chi connectivity index (χ1n) is 4.51. The van der Waals surface area contributed by atoms with E-state index in [0.29, 0.717) is 13.1 Å². The monoisotopic (exact) mass is 330 g/mol. The molecule has 0 amide bonds. The van der Waals surface area contributed by atoms with E-state index in [1.165, 1.54) is 0 Å². The summed E-state index contributed by atoms with van der Waals surface area (Å²) in [5.74, 6) is 2.54. The summed E-state index contributed by atoms with van der Waals surface area (Å²) in [4.78, 5) is 0. The summed E-state index contributed by atoms with van der Waals surface area (Å²) < 4.78 is 2.04. The minimum absolute atomic E-state index is 0.102. The lowest BCUT2D eigenvalue weighted by molar-refractivity contribution is 0.582. The van der Waals surface area contributed by atoms with Crippen molar-refractivity contribution in [3.63, 3.8) is 0 Å². The molecular weight excluding hydrogens is 320 g/mol. The van der Waals surface area contributed by atoms with Crippen LogP contribution in [0.25, 0.3) is 0 Å². The predicted octanol–water partition coefficient (Wildman–Crippen LogP) is 2.43. The van der Waals surface area contributed by atoms with Gasteiger partial charge in [-0.3, -0.25) is 5.32 Å². The fourth-order valence-corrected chi connectivity index (χ4v) is 1.89. The van der Waals surface area contributed by atoms with Crippen molar-refractivity contribution in [2.24, 2.45) is 5.73 Å². The number of nitrogens with one attached hydrogen (secondary N) is 1. The smallest absolute Gasteiger partial charge is 0.0578 e. The van der Waals surface area contributed by atoms with Crippen LogP contribution < -0.4 is 11.1 Å². The Morgan fingerprint density at radius 2 is 2.13 bits per heavy atom. The van der Waals surface area contributed by atoms with Crippen molar-refractivity contribution in [1.82, 2.24) is 5.32 Å². The SMILES string of the molecule is C#CCNC(CN)c1ccc(Br)c(Br)c1. The highest BCUT2D eigenvalue weighted by molar-refractivity contribution is 9.13. The second-order valence-electron chi connectivity index (χ2n) is 3.05. The average molecular weight is 332 g/mol. The molecule has 0 aliphatic rings. The van der Waals surface area contributed by atoms with Crippen LogP contribution in [-0.2, 0) is 0 Å². The van der Waals surface area contributed by atoms with E-state index in [2.05, 4.69) is 43.1 Å². The molecule has 0 aromatic heterocycles. The Balaban J connectivity index is 2.83. The van der Waals surface area contributed by atoms with Crippen molar-refractivity contribution in [2.75, 3.05) is 13.1 Å². The zero-order chi connectivity index (χ0) is 11.3. The van der Waals surface area contributed by atoms with Crippen LogP contribution in [-0.4, -0.2) is 13.1 Å². The fourth-order valence-electron chi connectivity index (χ4n) is 1.25. The number of hydrogen-bond acceptors (Lipinski definition) is 2. The van der Waals surface area contributed by atoms with Crippen LogP contribution in [0.1, 0.15) is 11.6 Å². The molecule has 1 rings (SSSR count). The van der Waals surface area contributed by atoms with Gasteiger partial charge in [-0.05, 0) is 49.6 Å². The molecule has 1 aromatic carbocycles. The zero-order valence-corrected chi connectivity index (χ0v) is 11.3. The van der Waals surface area contributed by atoms with Crippen molar-refractivity contribution in [1.29, 1.82) is 0 Å². The third-order valence-corrected chi connectivity index (χ3v) is 3.91. The summed E-state index contributed by atoms with van der Waals surface area (Å²) in [6.45, 7) is 1.05. The van der Waals surface area contributed by atoms with Gasteiger partial charge in [0.25, 0.3) is 0 Å². The molecule has 0 aliphatic heterocycles. The van der Waals surface area contributed by atoms with Gasteiger partial charge in [0.05, 0.1) is 6.54 Å². The molecule has 0 heterocycles. The summed E-state index contributed by atoms with van der Waals surface area (Å²) in [7, 11) is 0. The van der Waals surface area contributed by atoms with E-state index in [0.717, 1.165) is 14.5 Å². The average Bonchev–Trinajstić information content (AvgIpc) is 2.24. The molecule has 80 valence electrons. The highest BCUT2D eigenvalue weighted by atomic mass is 79.9. The van der Waals surface area contributed by atoms with Crippen molar-refractivity contribution < 1.29 is 0 Å². The molecule has 0 bridgehead atoms. The summed E-state index contributed by atoms with van der Waals surface area (Å²) >= 11 is 6.88. The van der Waals surface area contributed by atoms with Gasteiger partial charge in [-0.1, -0.05) is 12.0 Å². The van der Waals surface area contributed by atoms with E-state index in [4.69, 9.17) is 12.2 Å². The minimum atomic E-state index is 0.102. The lowest BCUT2D eigenvalue weighted by atomic mass is 10.1. The van der Waals surface area contributed by atoms with Gasteiger partial charge < -0.3 is 5.73 Å². The van der Waals surface area contributed by atoms with Gasteiger partial charge >= 0.3 is 0 Å². The largest absolute Gasteiger partial charge is 0.329 e. The Labute approximate surface area is 107 Å². The molecular formula is C11H12Br2N2. The van der Waals surface area contributed by atoms with E-state index in [1.807, 2.05) is 18.2 Å². The molecule has 1 aromatic rings. The van der Waals surface area contributed by atoms with Gasteiger partial charge in [-0.25, -0.2) is 0 Å². The Bertz CT molecular complexity index is 371. The van der Waals surface area contributed by atoms with E-state index in [9.17, 15) is 0 Å². The van der Waals surface area contributed by atoms with Crippen LogP contribution >= 0.6 is 31.9 Å². The van der Waals surface area contributed by atoms with Gasteiger partial charge in [0.2, 0.25) is 0 Å². The van der Waals surface area contributed by atoms with Crippen molar-refractivity contribution in [3.05, 3.63) is 32.7 Å². The van der Waals surface area contributed by atoms with Gasteiger partial charge in [0.15, 0.2) is 0 Å².